The minimum Gasteiger partial charge on any atom is -0.455 e. The van der Waals surface area contributed by atoms with Crippen LogP contribution in [-0.2, 0) is 0 Å². The minimum atomic E-state index is 0.856. The highest BCUT2D eigenvalue weighted by Crippen LogP contribution is 2.44. The molecule has 0 fully saturated rings. The molecule has 0 aliphatic heterocycles. The predicted octanol–water partition coefficient (Wildman–Crippen LogP) is 16.5. The summed E-state index contributed by atoms with van der Waals surface area (Å²) in [5, 5.41) is 5.96. The summed E-state index contributed by atoms with van der Waals surface area (Å²) in [4.78, 5) is 2.35. The van der Waals surface area contributed by atoms with Crippen LogP contribution in [0.4, 0.5) is 17.1 Å². The van der Waals surface area contributed by atoms with Crippen molar-refractivity contribution in [3.8, 4) is 55.8 Å². The number of anilines is 3. The molecule has 282 valence electrons. The highest BCUT2D eigenvalue weighted by Gasteiger charge is 2.20. The topological polar surface area (TPSA) is 16.4 Å². The molecule has 60 heavy (non-hydrogen) atoms. The summed E-state index contributed by atoms with van der Waals surface area (Å²) in [7, 11) is 0. The second-order valence-corrected chi connectivity index (χ2v) is 15.3. The first-order chi connectivity index (χ1) is 29.7. The molecule has 0 saturated heterocycles. The van der Waals surface area contributed by atoms with E-state index in [1.165, 1.54) is 43.8 Å². The number of hydrogen-bond acceptors (Lipinski definition) is 2. The maximum absolute atomic E-state index is 6.90. The Kier molecular flexibility index (Phi) is 8.87. The van der Waals surface area contributed by atoms with E-state index in [0.29, 0.717) is 0 Å². The van der Waals surface area contributed by atoms with Crippen LogP contribution < -0.4 is 4.90 Å². The van der Waals surface area contributed by atoms with Crippen molar-refractivity contribution in [2.24, 2.45) is 0 Å². The third kappa shape index (κ3) is 6.61. The fourth-order valence-electron chi connectivity index (χ4n) is 8.55. The number of nitrogens with zero attached hydrogens (tertiary/aromatic N) is 1. The highest BCUT2D eigenvalue weighted by molar-refractivity contribution is 6.03. The molecule has 0 saturated carbocycles. The Balaban J connectivity index is 0.987. The Morgan fingerprint density at radius 3 is 1.22 bits per heavy atom. The summed E-state index contributed by atoms with van der Waals surface area (Å²) in [6, 6.07) is 84.7. The zero-order chi connectivity index (χ0) is 39.8. The normalized spacial score (nSPS) is 11.3. The van der Waals surface area contributed by atoms with Gasteiger partial charge in [0.2, 0.25) is 0 Å². The van der Waals surface area contributed by atoms with Crippen molar-refractivity contribution >= 4 is 49.6 Å². The van der Waals surface area contributed by atoms with Gasteiger partial charge in [0.1, 0.15) is 11.3 Å². The molecule has 0 bridgehead atoms. The van der Waals surface area contributed by atoms with E-state index in [2.05, 4.69) is 241 Å². The van der Waals surface area contributed by atoms with Crippen LogP contribution in [0, 0.1) is 0 Å². The Morgan fingerprint density at radius 1 is 0.267 bits per heavy atom. The monoisotopic (exact) mass is 765 g/mol. The van der Waals surface area contributed by atoms with Crippen LogP contribution in [0.25, 0.3) is 88.3 Å². The molecule has 11 rings (SSSR count). The Bertz CT molecular complexity index is 3190. The summed E-state index contributed by atoms with van der Waals surface area (Å²) in [6.45, 7) is 0. The van der Waals surface area contributed by atoms with Gasteiger partial charge in [-0.15, -0.1) is 0 Å². The van der Waals surface area contributed by atoms with Gasteiger partial charge in [0.05, 0.1) is 0 Å². The zero-order valence-electron chi connectivity index (χ0n) is 32.9. The number of rotatable bonds is 8. The Hall–Kier alpha value is -7.94. The molecular formula is C58H39NO. The third-order valence-corrected chi connectivity index (χ3v) is 11.7. The van der Waals surface area contributed by atoms with Gasteiger partial charge in [-0.05, 0) is 109 Å². The van der Waals surface area contributed by atoms with Gasteiger partial charge in [-0.2, -0.15) is 0 Å². The molecule has 0 radical (unpaired) electrons. The molecule has 0 amide bonds. The molecule has 2 heteroatoms. The molecule has 10 aromatic carbocycles. The smallest absolute Gasteiger partial charge is 0.143 e. The Labute approximate surface area is 349 Å². The maximum atomic E-state index is 6.90. The van der Waals surface area contributed by atoms with E-state index in [1.807, 2.05) is 0 Å². The molecule has 0 N–H and O–H groups in total. The van der Waals surface area contributed by atoms with Gasteiger partial charge in [-0.25, -0.2) is 0 Å². The molecule has 0 aliphatic carbocycles. The lowest BCUT2D eigenvalue weighted by Gasteiger charge is -2.26. The molecule has 0 atom stereocenters. The molecule has 0 aliphatic rings. The van der Waals surface area contributed by atoms with Crippen molar-refractivity contribution < 1.29 is 4.42 Å². The molecule has 1 aromatic heterocycles. The van der Waals surface area contributed by atoms with Gasteiger partial charge >= 0.3 is 0 Å². The van der Waals surface area contributed by atoms with Crippen molar-refractivity contribution in [3.63, 3.8) is 0 Å². The predicted molar refractivity (Wildman–Crippen MR) is 253 cm³/mol. The lowest BCUT2D eigenvalue weighted by atomic mass is 9.94. The SMILES string of the molecule is c1ccc(-c2ccc(-c3oc4cc(-c5ccc(N(c6ccc7ccccc7c6)c6ccc7ccccc7c6)cc5)ccc4c3-c3ccc(-c4ccccc4)cc3)cc2)cc1. The molecule has 0 unspecified atom stereocenters. The van der Waals surface area contributed by atoms with Crippen LogP contribution in [0.3, 0.4) is 0 Å². The van der Waals surface area contributed by atoms with Crippen molar-refractivity contribution in [2.45, 2.75) is 0 Å². The first-order valence-corrected chi connectivity index (χ1v) is 20.5. The molecule has 1 heterocycles. The van der Waals surface area contributed by atoms with Gasteiger partial charge < -0.3 is 9.32 Å². The minimum absolute atomic E-state index is 0.856. The lowest BCUT2D eigenvalue weighted by Crippen LogP contribution is -2.09. The lowest BCUT2D eigenvalue weighted by molar-refractivity contribution is 0.632. The second-order valence-electron chi connectivity index (χ2n) is 15.3. The van der Waals surface area contributed by atoms with Crippen molar-refractivity contribution in [3.05, 3.63) is 237 Å². The highest BCUT2D eigenvalue weighted by atomic mass is 16.3. The molecule has 11 aromatic rings. The number of benzene rings is 10. The van der Waals surface area contributed by atoms with Crippen LogP contribution >= 0.6 is 0 Å². The average Bonchev–Trinajstić information content (AvgIpc) is 3.71. The van der Waals surface area contributed by atoms with Crippen LogP contribution in [0.15, 0.2) is 241 Å². The fourth-order valence-corrected chi connectivity index (χ4v) is 8.55. The summed E-state index contributed by atoms with van der Waals surface area (Å²) in [5.74, 6) is 0.867. The summed E-state index contributed by atoms with van der Waals surface area (Å²) in [6.07, 6.45) is 0. The summed E-state index contributed by atoms with van der Waals surface area (Å²) < 4.78 is 6.90. The van der Waals surface area contributed by atoms with Gasteiger partial charge in [0.25, 0.3) is 0 Å². The largest absolute Gasteiger partial charge is 0.455 e. The van der Waals surface area contributed by atoms with Crippen LogP contribution in [-0.4, -0.2) is 0 Å². The maximum Gasteiger partial charge on any atom is 0.143 e. The first-order valence-electron chi connectivity index (χ1n) is 20.5. The Morgan fingerprint density at radius 2 is 0.667 bits per heavy atom. The fraction of sp³-hybridized carbons (Fsp3) is 0. The van der Waals surface area contributed by atoms with Crippen molar-refractivity contribution in [1.82, 2.24) is 0 Å². The van der Waals surface area contributed by atoms with E-state index >= 15 is 0 Å². The summed E-state index contributed by atoms with van der Waals surface area (Å²) >= 11 is 0. The molecule has 0 spiro atoms. The van der Waals surface area contributed by atoms with E-state index in [0.717, 1.165) is 61.6 Å². The van der Waals surface area contributed by atoms with E-state index in [-0.39, 0.29) is 0 Å². The zero-order valence-corrected chi connectivity index (χ0v) is 32.9. The standard InChI is InChI=1S/C58H39NO/c1-3-11-40(12-4-1)44-19-23-47(24-20-44)57-55-36-31-51(39-56(55)60-58(57)48-25-21-45(22-26-48)41-13-5-2-6-14-41)46-27-32-52(33-28-46)59(53-34-29-42-15-7-9-17-49(42)37-53)54-35-30-43-16-8-10-18-50(43)38-54/h1-39H. The van der Waals surface area contributed by atoms with Crippen molar-refractivity contribution in [2.75, 3.05) is 4.90 Å². The van der Waals surface area contributed by atoms with Crippen LogP contribution in [0.1, 0.15) is 0 Å². The van der Waals surface area contributed by atoms with Gasteiger partial charge in [-0.3, -0.25) is 0 Å². The number of fused-ring (bicyclic) bond motifs is 3. The number of hydrogen-bond donors (Lipinski definition) is 0. The van der Waals surface area contributed by atoms with Crippen molar-refractivity contribution in [1.29, 1.82) is 0 Å². The quantitative estimate of drug-likeness (QED) is 0.153. The third-order valence-electron chi connectivity index (χ3n) is 11.7. The molecule has 2 nitrogen and oxygen atoms in total. The van der Waals surface area contributed by atoms with Crippen LogP contribution in [0.5, 0.6) is 0 Å². The summed E-state index contributed by atoms with van der Waals surface area (Å²) in [5.41, 5.74) is 14.4. The molecular weight excluding hydrogens is 727 g/mol. The second kappa shape index (κ2) is 15.1. The van der Waals surface area contributed by atoms with Gasteiger partial charge in [0.15, 0.2) is 0 Å². The van der Waals surface area contributed by atoms with E-state index in [4.69, 9.17) is 4.42 Å². The number of furan rings is 1. The van der Waals surface area contributed by atoms with Gasteiger partial charge in [0, 0.05) is 33.6 Å². The van der Waals surface area contributed by atoms with Gasteiger partial charge in [-0.1, -0.05) is 188 Å². The van der Waals surface area contributed by atoms with E-state index in [1.54, 1.807) is 0 Å². The average molecular weight is 766 g/mol. The van der Waals surface area contributed by atoms with E-state index in [9.17, 15) is 0 Å². The first kappa shape index (κ1) is 35.2. The van der Waals surface area contributed by atoms with E-state index < -0.39 is 0 Å². The van der Waals surface area contributed by atoms with Crippen LogP contribution in [0.2, 0.25) is 0 Å².